The number of alkyl halides is 1. The van der Waals surface area contributed by atoms with E-state index in [1.165, 1.54) is 6.92 Å². The first-order valence-corrected chi connectivity index (χ1v) is 3.14. The van der Waals surface area contributed by atoms with Gasteiger partial charge in [-0.1, -0.05) is 15.9 Å². The van der Waals surface area contributed by atoms with E-state index < -0.39 is 24.0 Å². The summed E-state index contributed by atoms with van der Waals surface area (Å²) in [6.07, 6.45) is -6.09. The second-order valence-corrected chi connectivity index (χ2v) is 1.46. The molecule has 0 N–H and O–H groups in total. The van der Waals surface area contributed by atoms with Crippen LogP contribution in [0.25, 0.3) is 0 Å². The number of esters is 1. The molecule has 0 bridgehead atoms. The second-order valence-electron chi connectivity index (χ2n) is 1.06. The summed E-state index contributed by atoms with van der Waals surface area (Å²) in [4.78, 5) is 11.1. The van der Waals surface area contributed by atoms with Gasteiger partial charge < -0.3 is 4.74 Å². The Hall–Kier alpha value is -0.0500. The summed E-state index contributed by atoms with van der Waals surface area (Å²) in [5, 5.41) is -2.67. The van der Waals surface area contributed by atoms with E-state index in [0.29, 0.717) is 0 Å². The molecule has 0 atom stereocenters. The fourth-order valence-electron chi connectivity index (χ4n) is 0.242. The highest BCUT2D eigenvalue weighted by Gasteiger charge is 1.97. The lowest BCUT2D eigenvalue weighted by molar-refractivity contribution is -0.143. The maximum absolute atomic E-state index is 11.1. The van der Waals surface area contributed by atoms with Gasteiger partial charge in [0.1, 0.15) is 0 Å². The fraction of sp³-hybridized carbons (Fsp3) is 0.833. The minimum atomic E-state index is -3.06. The summed E-state index contributed by atoms with van der Waals surface area (Å²) in [7, 11) is 0. The Morgan fingerprint density at radius 1 is 1.89 bits per heavy atom. The fourth-order valence-corrected chi connectivity index (χ4v) is 0.341. The van der Waals surface area contributed by atoms with Crippen molar-refractivity contribution in [1.82, 2.24) is 0 Å². The standard InChI is InChI=1S/C6H11BrO2/c1-2-9-6(8)4-3-5-7/h2-5H2,1H3/i3D2,4D2,5D2. The van der Waals surface area contributed by atoms with Gasteiger partial charge in [-0.2, -0.15) is 0 Å². The largest absolute Gasteiger partial charge is 0.466 e. The molecule has 0 aliphatic heterocycles. The summed E-state index contributed by atoms with van der Waals surface area (Å²) in [6, 6.07) is 0. The molecule has 0 aliphatic carbocycles. The Morgan fingerprint density at radius 3 is 3.00 bits per heavy atom. The van der Waals surface area contributed by atoms with Crippen molar-refractivity contribution in [2.45, 2.75) is 19.7 Å². The monoisotopic (exact) mass is 200 g/mol. The molecule has 0 aromatic heterocycles. The van der Waals surface area contributed by atoms with Crippen LogP contribution < -0.4 is 0 Å². The Bertz CT molecular complexity index is 248. The van der Waals surface area contributed by atoms with E-state index in [1.807, 2.05) is 0 Å². The normalized spacial score (nSPS) is 23.8. The van der Waals surface area contributed by atoms with Crippen molar-refractivity contribution in [3.05, 3.63) is 0 Å². The number of hydrogen-bond acceptors (Lipinski definition) is 2. The van der Waals surface area contributed by atoms with E-state index in [9.17, 15) is 4.79 Å². The molecule has 0 fully saturated rings. The van der Waals surface area contributed by atoms with E-state index in [2.05, 4.69) is 20.7 Å². The van der Waals surface area contributed by atoms with Crippen LogP contribution in [-0.4, -0.2) is 17.9 Å². The van der Waals surface area contributed by atoms with Gasteiger partial charge in [0.05, 0.1) is 6.61 Å². The molecule has 0 heterocycles. The predicted molar refractivity (Wildman–Crippen MR) is 39.7 cm³/mol. The molecule has 54 valence electrons. The lowest BCUT2D eigenvalue weighted by Gasteiger charge is -1.97. The highest BCUT2D eigenvalue weighted by Crippen LogP contribution is 1.95. The Morgan fingerprint density at radius 2 is 2.56 bits per heavy atom. The molecule has 0 saturated carbocycles. The van der Waals surface area contributed by atoms with Crippen molar-refractivity contribution in [2.24, 2.45) is 0 Å². The van der Waals surface area contributed by atoms with E-state index >= 15 is 0 Å². The first-order valence-electron chi connectivity index (χ1n) is 5.34. The summed E-state index contributed by atoms with van der Waals surface area (Å²) in [5.74, 6) is -1.42. The lowest BCUT2D eigenvalue weighted by Crippen LogP contribution is -2.03. The number of rotatable bonds is 4. The SMILES string of the molecule is [2H]C([2H])(Br)C([2H])([2H])C([2H])([2H])C(=O)OCC. The Kier molecular flexibility index (Phi) is 1.96. The van der Waals surface area contributed by atoms with Crippen molar-refractivity contribution >= 4 is 21.9 Å². The minimum Gasteiger partial charge on any atom is -0.466 e. The molecule has 0 radical (unpaired) electrons. The molecule has 0 rings (SSSR count). The predicted octanol–water partition coefficient (Wildman–Crippen LogP) is 1.72. The molecular formula is C6H11BrO2. The van der Waals surface area contributed by atoms with Gasteiger partial charge in [-0.25, -0.2) is 0 Å². The van der Waals surface area contributed by atoms with Crippen LogP contribution in [0, 0.1) is 0 Å². The van der Waals surface area contributed by atoms with Gasteiger partial charge >= 0.3 is 5.97 Å². The average molecular weight is 201 g/mol. The molecule has 3 heteroatoms. The quantitative estimate of drug-likeness (QED) is 0.511. The molecule has 0 spiro atoms. The van der Waals surface area contributed by atoms with Gasteiger partial charge in [-0.15, -0.1) is 0 Å². The summed E-state index contributed by atoms with van der Waals surface area (Å²) < 4.78 is 47.5. The lowest BCUT2D eigenvalue weighted by atomic mass is 10.3. The Balaban J connectivity index is 5.10. The zero-order valence-electron chi connectivity index (χ0n) is 10.9. The van der Waals surface area contributed by atoms with Crippen LogP contribution in [0.1, 0.15) is 27.9 Å². The van der Waals surface area contributed by atoms with Crippen molar-refractivity contribution in [3.63, 3.8) is 0 Å². The van der Waals surface area contributed by atoms with Crippen LogP contribution in [-0.2, 0) is 9.53 Å². The average Bonchev–Trinajstić information content (AvgIpc) is 2.02. The number of carbonyl (C=O) groups excluding carboxylic acids is 1. The third-order valence-electron chi connectivity index (χ3n) is 0.487. The van der Waals surface area contributed by atoms with Crippen molar-refractivity contribution < 1.29 is 17.8 Å². The summed E-state index contributed by atoms with van der Waals surface area (Å²) in [5.41, 5.74) is 0. The number of ether oxygens (including phenoxy) is 1. The van der Waals surface area contributed by atoms with Crippen LogP contribution in [0.5, 0.6) is 0 Å². The van der Waals surface area contributed by atoms with Gasteiger partial charge in [-0.05, 0) is 13.3 Å². The molecule has 0 unspecified atom stereocenters. The van der Waals surface area contributed by atoms with Crippen LogP contribution >= 0.6 is 15.9 Å². The van der Waals surface area contributed by atoms with Gasteiger partial charge in [0, 0.05) is 19.9 Å². The minimum absolute atomic E-state index is 0.0975. The highest BCUT2D eigenvalue weighted by atomic mass is 79.9. The van der Waals surface area contributed by atoms with Gasteiger partial charge in [-0.3, -0.25) is 4.79 Å². The molecule has 0 aliphatic rings. The summed E-state index contributed by atoms with van der Waals surface area (Å²) >= 11 is 2.37. The molecule has 9 heavy (non-hydrogen) atoms. The van der Waals surface area contributed by atoms with E-state index in [4.69, 9.17) is 8.22 Å². The zero-order valence-corrected chi connectivity index (χ0v) is 6.49. The number of carbonyl (C=O) groups is 1. The van der Waals surface area contributed by atoms with Crippen LogP contribution in [0.2, 0.25) is 0 Å². The first-order chi connectivity index (χ1) is 6.48. The third kappa shape index (κ3) is 5.83. The van der Waals surface area contributed by atoms with Crippen LogP contribution in [0.15, 0.2) is 0 Å². The molecule has 0 saturated heterocycles. The van der Waals surface area contributed by atoms with Gasteiger partial charge in [0.25, 0.3) is 0 Å². The molecule has 0 aromatic rings. The van der Waals surface area contributed by atoms with E-state index in [0.717, 1.165) is 0 Å². The maximum Gasteiger partial charge on any atom is 0.305 e. The number of hydrogen-bond donors (Lipinski definition) is 0. The Labute approximate surface area is 72.1 Å². The summed E-state index contributed by atoms with van der Waals surface area (Å²) in [6.45, 7) is 1.35. The van der Waals surface area contributed by atoms with Crippen LogP contribution in [0.3, 0.4) is 0 Å². The smallest absolute Gasteiger partial charge is 0.305 e. The first kappa shape index (κ1) is 2.91. The number of halogens is 1. The maximum atomic E-state index is 11.1. The van der Waals surface area contributed by atoms with Crippen LogP contribution in [0.4, 0.5) is 0 Å². The third-order valence-corrected chi connectivity index (χ3v) is 0.685. The van der Waals surface area contributed by atoms with E-state index in [-0.39, 0.29) is 6.61 Å². The van der Waals surface area contributed by atoms with E-state index in [1.54, 1.807) is 0 Å². The molecule has 2 nitrogen and oxygen atoms in total. The second kappa shape index (κ2) is 6.08. The van der Waals surface area contributed by atoms with Gasteiger partial charge in [0.2, 0.25) is 0 Å². The zero-order chi connectivity index (χ0) is 12.5. The van der Waals surface area contributed by atoms with Gasteiger partial charge in [0.15, 0.2) is 0 Å². The topological polar surface area (TPSA) is 26.3 Å². The van der Waals surface area contributed by atoms with Crippen molar-refractivity contribution in [3.8, 4) is 0 Å². The van der Waals surface area contributed by atoms with Crippen molar-refractivity contribution in [1.29, 1.82) is 0 Å². The van der Waals surface area contributed by atoms with Crippen molar-refractivity contribution in [2.75, 3.05) is 11.9 Å². The molecule has 0 amide bonds. The molecular weight excluding hydrogens is 184 g/mol. The highest BCUT2D eigenvalue weighted by molar-refractivity contribution is 9.09. The molecule has 0 aromatic carbocycles.